The molecule has 4 heteroatoms. The van der Waals surface area contributed by atoms with Crippen molar-refractivity contribution in [3.05, 3.63) is 0 Å². The highest BCUT2D eigenvalue weighted by Crippen LogP contribution is 2.42. The maximum atomic E-state index is 11.6. The summed E-state index contributed by atoms with van der Waals surface area (Å²) < 4.78 is 5.04. The van der Waals surface area contributed by atoms with Crippen LogP contribution in [0.2, 0.25) is 0 Å². The fourth-order valence-electron chi connectivity index (χ4n) is 2.12. The van der Waals surface area contributed by atoms with Crippen LogP contribution >= 0.6 is 0 Å². The van der Waals surface area contributed by atoms with Crippen molar-refractivity contribution in [3.8, 4) is 6.07 Å². The van der Waals surface area contributed by atoms with Crippen LogP contribution in [-0.2, 0) is 9.53 Å². The third-order valence-corrected chi connectivity index (χ3v) is 3.19. The van der Waals surface area contributed by atoms with Crippen molar-refractivity contribution in [1.29, 1.82) is 5.26 Å². The molecule has 0 bridgehead atoms. The average Bonchev–Trinajstić information content (AvgIpc) is 2.30. The lowest BCUT2D eigenvalue weighted by Gasteiger charge is -2.37. The first-order chi connectivity index (χ1) is 6.21. The second-order valence-electron chi connectivity index (χ2n) is 3.83. The van der Waals surface area contributed by atoms with E-state index in [1.807, 2.05) is 6.92 Å². The predicted molar refractivity (Wildman–Crippen MR) is 44.5 cm³/mol. The van der Waals surface area contributed by atoms with Gasteiger partial charge in [0.15, 0.2) is 0 Å². The molecule has 2 rings (SSSR count). The Morgan fingerprint density at radius 1 is 1.69 bits per heavy atom. The molecule has 2 saturated heterocycles. The Balaban J connectivity index is 2.32. The van der Waals surface area contributed by atoms with Crippen molar-refractivity contribution in [3.63, 3.8) is 0 Å². The number of hydrogen-bond acceptors (Lipinski definition) is 3. The molecule has 0 aromatic heterocycles. The van der Waals surface area contributed by atoms with Crippen molar-refractivity contribution < 1.29 is 9.53 Å². The Hall–Kier alpha value is -1.08. The van der Waals surface area contributed by atoms with Crippen molar-refractivity contribution in [2.75, 3.05) is 19.8 Å². The minimum Gasteiger partial charge on any atom is -0.381 e. The minimum atomic E-state index is -0.821. The van der Waals surface area contributed by atoms with E-state index in [0.717, 1.165) is 0 Å². The summed E-state index contributed by atoms with van der Waals surface area (Å²) in [6.07, 6.45) is 0. The Bertz CT molecular complexity index is 280. The molecule has 0 aromatic rings. The van der Waals surface area contributed by atoms with Crippen molar-refractivity contribution >= 4 is 5.91 Å². The molecule has 0 aromatic carbocycles. The summed E-state index contributed by atoms with van der Waals surface area (Å²) in [5.74, 6) is 0.0738. The Morgan fingerprint density at radius 2 is 2.38 bits per heavy atom. The van der Waals surface area contributed by atoms with Crippen LogP contribution in [0, 0.1) is 28.6 Å². The summed E-state index contributed by atoms with van der Waals surface area (Å²) in [6.45, 7) is 3.65. The largest absolute Gasteiger partial charge is 0.381 e. The van der Waals surface area contributed by atoms with Gasteiger partial charge in [-0.2, -0.15) is 5.26 Å². The van der Waals surface area contributed by atoms with E-state index in [2.05, 4.69) is 11.4 Å². The van der Waals surface area contributed by atoms with Gasteiger partial charge in [0.1, 0.15) is 5.41 Å². The summed E-state index contributed by atoms with van der Waals surface area (Å²) in [7, 11) is 0. The SMILES string of the molecule is CC1CNC(=O)C1(C#N)C1COC1. The van der Waals surface area contributed by atoms with E-state index in [4.69, 9.17) is 10.00 Å². The third kappa shape index (κ3) is 0.909. The third-order valence-electron chi connectivity index (χ3n) is 3.19. The van der Waals surface area contributed by atoms with Crippen molar-refractivity contribution in [2.45, 2.75) is 6.92 Å². The fraction of sp³-hybridized carbons (Fsp3) is 0.778. The van der Waals surface area contributed by atoms with Gasteiger partial charge in [0.2, 0.25) is 5.91 Å². The average molecular weight is 180 g/mol. The summed E-state index contributed by atoms with van der Waals surface area (Å²) in [5.41, 5.74) is -0.821. The first-order valence-electron chi connectivity index (χ1n) is 4.49. The molecule has 70 valence electrons. The van der Waals surface area contributed by atoms with E-state index in [0.29, 0.717) is 19.8 Å². The number of nitrogens with zero attached hydrogens (tertiary/aromatic N) is 1. The zero-order valence-electron chi connectivity index (χ0n) is 7.54. The van der Waals surface area contributed by atoms with Crippen LogP contribution in [0.4, 0.5) is 0 Å². The van der Waals surface area contributed by atoms with Crippen LogP contribution in [-0.4, -0.2) is 25.7 Å². The number of carbonyl (C=O) groups excluding carboxylic acids is 1. The number of carbonyl (C=O) groups is 1. The lowest BCUT2D eigenvalue weighted by atomic mass is 9.68. The molecule has 0 spiro atoms. The second-order valence-corrected chi connectivity index (χ2v) is 3.83. The fourth-order valence-corrected chi connectivity index (χ4v) is 2.12. The number of hydrogen-bond donors (Lipinski definition) is 1. The van der Waals surface area contributed by atoms with Crippen LogP contribution < -0.4 is 5.32 Å². The van der Waals surface area contributed by atoms with E-state index >= 15 is 0 Å². The van der Waals surface area contributed by atoms with Crippen LogP contribution in [0.3, 0.4) is 0 Å². The molecule has 2 aliphatic heterocycles. The number of rotatable bonds is 1. The maximum Gasteiger partial charge on any atom is 0.241 e. The van der Waals surface area contributed by atoms with E-state index in [-0.39, 0.29) is 17.7 Å². The molecule has 13 heavy (non-hydrogen) atoms. The minimum absolute atomic E-state index is 0.0926. The first-order valence-corrected chi connectivity index (χ1v) is 4.49. The lowest BCUT2D eigenvalue weighted by molar-refractivity contribution is -0.141. The van der Waals surface area contributed by atoms with Crippen LogP contribution in [0.5, 0.6) is 0 Å². The van der Waals surface area contributed by atoms with Gasteiger partial charge in [0.05, 0.1) is 19.3 Å². The van der Waals surface area contributed by atoms with Gasteiger partial charge < -0.3 is 10.1 Å². The highest BCUT2D eigenvalue weighted by molar-refractivity contribution is 5.88. The monoisotopic (exact) mass is 180 g/mol. The highest BCUT2D eigenvalue weighted by atomic mass is 16.5. The number of amides is 1. The van der Waals surface area contributed by atoms with Gasteiger partial charge in [-0.3, -0.25) is 4.79 Å². The van der Waals surface area contributed by atoms with E-state index in [9.17, 15) is 4.79 Å². The van der Waals surface area contributed by atoms with Gasteiger partial charge in [0.25, 0.3) is 0 Å². The molecule has 2 aliphatic rings. The zero-order chi connectivity index (χ0) is 9.47. The molecule has 2 unspecified atom stereocenters. The molecular weight excluding hydrogens is 168 g/mol. The molecule has 0 radical (unpaired) electrons. The van der Waals surface area contributed by atoms with E-state index in [1.165, 1.54) is 0 Å². The first kappa shape index (κ1) is 8.52. The standard InChI is InChI=1S/C9H12N2O2/c1-6-2-11-8(12)9(6,5-10)7-3-13-4-7/h6-7H,2-4H2,1H3,(H,11,12). The quantitative estimate of drug-likeness (QED) is 0.613. The molecule has 2 atom stereocenters. The molecule has 4 nitrogen and oxygen atoms in total. The Morgan fingerprint density at radius 3 is 2.69 bits per heavy atom. The number of nitriles is 1. The van der Waals surface area contributed by atoms with Gasteiger partial charge in [-0.05, 0) is 0 Å². The molecule has 2 fully saturated rings. The van der Waals surface area contributed by atoms with Crippen molar-refractivity contribution in [2.24, 2.45) is 17.3 Å². The molecule has 0 aliphatic carbocycles. The summed E-state index contributed by atoms with van der Waals surface area (Å²) in [4.78, 5) is 11.6. The van der Waals surface area contributed by atoms with Gasteiger partial charge in [-0.15, -0.1) is 0 Å². The molecule has 2 heterocycles. The normalized spacial score (nSPS) is 39.4. The molecular formula is C9H12N2O2. The van der Waals surface area contributed by atoms with Crippen LogP contribution in [0.25, 0.3) is 0 Å². The molecule has 0 saturated carbocycles. The van der Waals surface area contributed by atoms with Gasteiger partial charge in [-0.1, -0.05) is 6.92 Å². The summed E-state index contributed by atoms with van der Waals surface area (Å²) in [5, 5.41) is 11.9. The topological polar surface area (TPSA) is 62.1 Å². The summed E-state index contributed by atoms with van der Waals surface area (Å²) >= 11 is 0. The molecule has 1 amide bonds. The highest BCUT2D eigenvalue weighted by Gasteiger charge is 2.56. The van der Waals surface area contributed by atoms with Crippen LogP contribution in [0.15, 0.2) is 0 Å². The number of ether oxygens (including phenoxy) is 1. The van der Waals surface area contributed by atoms with E-state index in [1.54, 1.807) is 0 Å². The smallest absolute Gasteiger partial charge is 0.241 e. The van der Waals surface area contributed by atoms with Gasteiger partial charge in [-0.25, -0.2) is 0 Å². The molecule has 1 N–H and O–H groups in total. The maximum absolute atomic E-state index is 11.6. The lowest BCUT2D eigenvalue weighted by Crippen LogP contribution is -2.49. The van der Waals surface area contributed by atoms with Gasteiger partial charge in [0, 0.05) is 18.4 Å². The Labute approximate surface area is 76.9 Å². The van der Waals surface area contributed by atoms with Crippen LogP contribution in [0.1, 0.15) is 6.92 Å². The summed E-state index contributed by atoms with van der Waals surface area (Å²) in [6, 6.07) is 2.19. The predicted octanol–water partition coefficient (Wildman–Crippen LogP) is -0.0913. The number of nitrogens with one attached hydrogen (secondary N) is 1. The van der Waals surface area contributed by atoms with Gasteiger partial charge >= 0.3 is 0 Å². The van der Waals surface area contributed by atoms with Crippen molar-refractivity contribution in [1.82, 2.24) is 5.32 Å². The van der Waals surface area contributed by atoms with E-state index < -0.39 is 5.41 Å². The Kier molecular flexibility index (Phi) is 1.77. The second kappa shape index (κ2) is 2.71. The zero-order valence-corrected chi connectivity index (χ0v) is 7.54.